The molecule has 0 atom stereocenters. The Morgan fingerprint density at radius 1 is 1.26 bits per heavy atom. The van der Waals surface area contributed by atoms with Gasteiger partial charge in [-0.25, -0.2) is 4.98 Å². The summed E-state index contributed by atoms with van der Waals surface area (Å²) < 4.78 is 13.3. The summed E-state index contributed by atoms with van der Waals surface area (Å²) in [7, 11) is -1.03. The zero-order valence-corrected chi connectivity index (χ0v) is 15.4. The van der Waals surface area contributed by atoms with Gasteiger partial charge in [-0.1, -0.05) is 19.6 Å². The molecule has 1 saturated heterocycles. The third kappa shape index (κ3) is 4.34. The third-order valence-corrected chi connectivity index (χ3v) is 5.89. The fourth-order valence-corrected chi connectivity index (χ4v) is 3.46. The van der Waals surface area contributed by atoms with Crippen LogP contribution in [0.1, 0.15) is 0 Å². The first-order valence-electron chi connectivity index (χ1n) is 8.38. The number of fused-ring (bicyclic) bond motifs is 1. The highest BCUT2D eigenvalue weighted by Gasteiger charge is 2.14. The lowest BCUT2D eigenvalue weighted by Gasteiger charge is -2.28. The van der Waals surface area contributed by atoms with Crippen LogP contribution in [-0.4, -0.2) is 50.5 Å². The van der Waals surface area contributed by atoms with Crippen molar-refractivity contribution in [3.63, 3.8) is 0 Å². The van der Waals surface area contributed by atoms with Crippen LogP contribution < -0.4 is 4.90 Å². The number of aromatic nitrogens is 2. The Morgan fingerprint density at radius 3 is 2.78 bits per heavy atom. The highest BCUT2D eigenvalue weighted by atomic mass is 28.3. The lowest BCUT2D eigenvalue weighted by molar-refractivity contribution is 0.0899. The molecular formula is C17H27N3O2Si. The molecule has 0 aromatic carbocycles. The van der Waals surface area contributed by atoms with Crippen LogP contribution in [-0.2, 0) is 16.2 Å². The molecule has 0 amide bonds. The minimum absolute atomic E-state index is 0.581. The molecule has 3 rings (SSSR count). The molecule has 3 heterocycles. The van der Waals surface area contributed by atoms with Gasteiger partial charge < -0.3 is 18.9 Å². The summed E-state index contributed by atoms with van der Waals surface area (Å²) in [5.41, 5.74) is 2.17. The number of morpholine rings is 1. The highest BCUT2D eigenvalue weighted by Crippen LogP contribution is 2.22. The minimum atomic E-state index is -1.03. The average molecular weight is 334 g/mol. The van der Waals surface area contributed by atoms with Crippen LogP contribution in [0, 0.1) is 0 Å². The SMILES string of the molecule is C[Si](C)(C)CCOCn1ccc2cc(N3CCOCC3)cnc21. The summed E-state index contributed by atoms with van der Waals surface area (Å²) in [5.74, 6) is 0. The van der Waals surface area contributed by atoms with Gasteiger partial charge in [-0.05, 0) is 18.2 Å². The van der Waals surface area contributed by atoms with Crippen molar-refractivity contribution < 1.29 is 9.47 Å². The molecular weight excluding hydrogens is 306 g/mol. The normalized spacial score (nSPS) is 16.2. The molecule has 1 fully saturated rings. The Kier molecular flexibility index (Phi) is 5.04. The molecule has 5 nitrogen and oxygen atoms in total. The van der Waals surface area contributed by atoms with Crippen molar-refractivity contribution in [3.8, 4) is 0 Å². The lowest BCUT2D eigenvalue weighted by atomic mass is 10.3. The van der Waals surface area contributed by atoms with Gasteiger partial charge in [0.1, 0.15) is 12.4 Å². The molecule has 0 bridgehead atoms. The van der Waals surface area contributed by atoms with Crippen molar-refractivity contribution in [1.82, 2.24) is 9.55 Å². The molecule has 23 heavy (non-hydrogen) atoms. The first-order valence-corrected chi connectivity index (χ1v) is 12.1. The predicted octanol–water partition coefficient (Wildman–Crippen LogP) is 3.19. The summed E-state index contributed by atoms with van der Waals surface area (Å²) in [5, 5.41) is 1.17. The summed E-state index contributed by atoms with van der Waals surface area (Å²) >= 11 is 0. The number of pyridine rings is 1. The smallest absolute Gasteiger partial charge is 0.141 e. The first kappa shape index (κ1) is 16.5. The van der Waals surface area contributed by atoms with Gasteiger partial charge in [0.2, 0.25) is 0 Å². The highest BCUT2D eigenvalue weighted by molar-refractivity contribution is 6.76. The van der Waals surface area contributed by atoms with Gasteiger partial charge >= 0.3 is 0 Å². The molecule has 0 spiro atoms. The van der Waals surface area contributed by atoms with Crippen molar-refractivity contribution in [2.45, 2.75) is 32.4 Å². The Morgan fingerprint density at radius 2 is 2.04 bits per heavy atom. The molecule has 2 aromatic heterocycles. The van der Waals surface area contributed by atoms with E-state index >= 15 is 0 Å². The third-order valence-electron chi connectivity index (χ3n) is 4.19. The molecule has 0 saturated carbocycles. The summed E-state index contributed by atoms with van der Waals surface area (Å²) in [4.78, 5) is 6.98. The lowest BCUT2D eigenvalue weighted by Crippen LogP contribution is -2.36. The maximum Gasteiger partial charge on any atom is 0.141 e. The van der Waals surface area contributed by atoms with Gasteiger partial charge in [0.15, 0.2) is 0 Å². The van der Waals surface area contributed by atoms with E-state index in [1.165, 1.54) is 17.1 Å². The van der Waals surface area contributed by atoms with Crippen LogP contribution >= 0.6 is 0 Å². The van der Waals surface area contributed by atoms with Gasteiger partial charge in [-0.2, -0.15) is 0 Å². The van der Waals surface area contributed by atoms with Gasteiger partial charge in [0, 0.05) is 39.4 Å². The van der Waals surface area contributed by atoms with Crippen LogP contribution in [0.25, 0.3) is 11.0 Å². The molecule has 126 valence electrons. The number of ether oxygens (including phenoxy) is 2. The monoisotopic (exact) mass is 333 g/mol. The van der Waals surface area contributed by atoms with Crippen LogP contribution in [0.2, 0.25) is 25.7 Å². The van der Waals surface area contributed by atoms with Crippen molar-refractivity contribution in [2.75, 3.05) is 37.8 Å². The van der Waals surface area contributed by atoms with E-state index in [-0.39, 0.29) is 0 Å². The Hall–Kier alpha value is -1.37. The van der Waals surface area contributed by atoms with E-state index in [4.69, 9.17) is 9.47 Å². The average Bonchev–Trinajstić information content (AvgIpc) is 2.94. The Labute approximate surface area is 139 Å². The molecule has 0 aliphatic carbocycles. The van der Waals surface area contributed by atoms with Crippen molar-refractivity contribution in [2.24, 2.45) is 0 Å². The van der Waals surface area contributed by atoms with Crippen molar-refractivity contribution in [3.05, 3.63) is 24.5 Å². The predicted molar refractivity (Wildman–Crippen MR) is 96.9 cm³/mol. The molecule has 0 unspecified atom stereocenters. The minimum Gasteiger partial charge on any atom is -0.378 e. The van der Waals surface area contributed by atoms with Gasteiger partial charge in [-0.15, -0.1) is 0 Å². The standard InChI is InChI=1S/C17H27N3O2Si/c1-23(2,3)11-10-22-14-20-5-4-15-12-16(13-18-17(15)20)19-6-8-21-9-7-19/h4-5,12-13H,6-11,14H2,1-3H3. The molecule has 1 aliphatic heterocycles. The van der Waals surface area contributed by atoms with Gasteiger partial charge in [-0.3, -0.25) is 0 Å². The van der Waals surface area contributed by atoms with E-state index in [1.54, 1.807) is 0 Å². The van der Waals surface area contributed by atoms with E-state index in [0.717, 1.165) is 38.6 Å². The van der Waals surface area contributed by atoms with Crippen molar-refractivity contribution in [1.29, 1.82) is 0 Å². The first-order chi connectivity index (χ1) is 11.0. The molecule has 0 N–H and O–H groups in total. The maximum absolute atomic E-state index is 5.84. The van der Waals surface area contributed by atoms with E-state index in [0.29, 0.717) is 6.73 Å². The molecule has 6 heteroatoms. The second-order valence-corrected chi connectivity index (χ2v) is 13.0. The fraction of sp³-hybridized carbons (Fsp3) is 0.588. The molecule has 2 aromatic rings. The Bertz CT molecular complexity index is 645. The maximum atomic E-state index is 5.84. The molecule has 0 radical (unpaired) electrons. The Balaban J connectivity index is 1.64. The topological polar surface area (TPSA) is 39.5 Å². The van der Waals surface area contributed by atoms with E-state index in [2.05, 4.69) is 52.4 Å². The largest absolute Gasteiger partial charge is 0.378 e. The second-order valence-electron chi connectivity index (χ2n) is 7.34. The van der Waals surface area contributed by atoms with Crippen LogP contribution in [0.15, 0.2) is 24.5 Å². The van der Waals surface area contributed by atoms with Gasteiger partial charge in [0.05, 0.1) is 25.1 Å². The second kappa shape index (κ2) is 7.03. The van der Waals surface area contributed by atoms with Crippen LogP contribution in [0.3, 0.4) is 0 Å². The number of anilines is 1. The summed E-state index contributed by atoms with van der Waals surface area (Å²) in [6.07, 6.45) is 4.03. The number of hydrogen-bond acceptors (Lipinski definition) is 4. The summed E-state index contributed by atoms with van der Waals surface area (Å²) in [6.45, 7) is 12.0. The van der Waals surface area contributed by atoms with Gasteiger partial charge in [0.25, 0.3) is 0 Å². The zero-order valence-electron chi connectivity index (χ0n) is 14.4. The molecule has 1 aliphatic rings. The van der Waals surface area contributed by atoms with Crippen molar-refractivity contribution >= 4 is 24.8 Å². The zero-order chi connectivity index (χ0) is 16.3. The number of nitrogens with zero attached hydrogens (tertiary/aromatic N) is 3. The van der Waals surface area contributed by atoms with E-state index in [1.807, 2.05) is 6.20 Å². The number of rotatable bonds is 6. The fourth-order valence-electron chi connectivity index (χ4n) is 2.71. The summed E-state index contributed by atoms with van der Waals surface area (Å²) in [6, 6.07) is 5.53. The van der Waals surface area contributed by atoms with Crippen LogP contribution in [0.4, 0.5) is 5.69 Å². The van der Waals surface area contributed by atoms with Crippen LogP contribution in [0.5, 0.6) is 0 Å². The quantitative estimate of drug-likeness (QED) is 0.601. The van der Waals surface area contributed by atoms with E-state index < -0.39 is 8.07 Å². The van der Waals surface area contributed by atoms with E-state index in [9.17, 15) is 0 Å². The number of hydrogen-bond donors (Lipinski definition) is 0.